The second-order valence-electron chi connectivity index (χ2n) is 4.18. The van der Waals surface area contributed by atoms with Crippen LogP contribution >= 0.6 is 0 Å². The summed E-state index contributed by atoms with van der Waals surface area (Å²) >= 11 is 0. The van der Waals surface area contributed by atoms with Crippen LogP contribution in [0, 0.1) is 11.8 Å². The number of nitrogens with one attached hydrogen (secondary N) is 1. The molecule has 1 nitrogen and oxygen atoms in total. The minimum atomic E-state index is 0.991. The van der Waals surface area contributed by atoms with Crippen molar-refractivity contribution in [2.24, 2.45) is 11.8 Å². The predicted molar refractivity (Wildman–Crippen MR) is 52.1 cm³/mol. The highest BCUT2D eigenvalue weighted by Crippen LogP contribution is 2.38. The second-order valence-corrected chi connectivity index (χ2v) is 4.18. The Bertz CT molecular complexity index is 139. The van der Waals surface area contributed by atoms with Crippen molar-refractivity contribution in [2.75, 3.05) is 13.1 Å². The lowest BCUT2D eigenvalue weighted by Gasteiger charge is -1.96. The first kappa shape index (κ1) is 8.31. The van der Waals surface area contributed by atoms with Crippen LogP contribution in [0.3, 0.4) is 0 Å². The van der Waals surface area contributed by atoms with Gasteiger partial charge in [0, 0.05) is 0 Å². The van der Waals surface area contributed by atoms with Crippen LogP contribution < -0.4 is 5.32 Å². The molecular weight excluding hydrogens is 146 g/mol. The Morgan fingerprint density at radius 2 is 1.50 bits per heavy atom. The van der Waals surface area contributed by atoms with E-state index in [2.05, 4.69) is 17.5 Å². The lowest BCUT2D eigenvalue weighted by Crippen LogP contribution is -2.03. The van der Waals surface area contributed by atoms with E-state index in [1.165, 1.54) is 45.2 Å². The van der Waals surface area contributed by atoms with Gasteiger partial charge >= 0.3 is 0 Å². The van der Waals surface area contributed by atoms with Gasteiger partial charge in [-0.1, -0.05) is 12.2 Å². The van der Waals surface area contributed by atoms with Crippen LogP contribution in [0.25, 0.3) is 0 Å². The molecule has 2 aliphatic carbocycles. The van der Waals surface area contributed by atoms with Gasteiger partial charge in [-0.2, -0.15) is 0 Å². The molecule has 68 valence electrons. The number of hydrogen-bond donors (Lipinski definition) is 1. The summed E-state index contributed by atoms with van der Waals surface area (Å²) in [5.41, 5.74) is 0. The van der Waals surface area contributed by atoms with Crippen molar-refractivity contribution in [3.63, 3.8) is 0 Å². The van der Waals surface area contributed by atoms with Crippen molar-refractivity contribution in [1.82, 2.24) is 5.32 Å². The summed E-state index contributed by atoms with van der Waals surface area (Å²) < 4.78 is 0. The van der Waals surface area contributed by atoms with Gasteiger partial charge in [0.25, 0.3) is 0 Å². The minimum Gasteiger partial charge on any atom is -0.317 e. The van der Waals surface area contributed by atoms with Crippen LogP contribution in [0.2, 0.25) is 0 Å². The van der Waals surface area contributed by atoms with E-state index in [9.17, 15) is 0 Å². The van der Waals surface area contributed by atoms with Gasteiger partial charge in [0.05, 0.1) is 0 Å². The fraction of sp³-hybridized carbons (Fsp3) is 0.818. The maximum atomic E-state index is 3.22. The first-order valence-corrected chi connectivity index (χ1v) is 5.34. The second kappa shape index (κ2) is 4.08. The fourth-order valence-electron chi connectivity index (χ4n) is 2.34. The van der Waals surface area contributed by atoms with Crippen molar-refractivity contribution < 1.29 is 0 Å². The Balaban J connectivity index is 0.000000100. The molecule has 1 heterocycles. The van der Waals surface area contributed by atoms with Crippen molar-refractivity contribution in [2.45, 2.75) is 32.1 Å². The molecule has 0 amide bonds. The van der Waals surface area contributed by atoms with Gasteiger partial charge in [-0.15, -0.1) is 0 Å². The minimum absolute atomic E-state index is 0.991. The monoisotopic (exact) mass is 165 g/mol. The molecule has 0 spiro atoms. The molecule has 1 saturated carbocycles. The van der Waals surface area contributed by atoms with Gasteiger partial charge < -0.3 is 5.32 Å². The van der Waals surface area contributed by atoms with Crippen LogP contribution in [-0.2, 0) is 0 Å². The molecule has 0 aromatic heterocycles. The predicted octanol–water partition coefficient (Wildman–Crippen LogP) is 2.34. The van der Waals surface area contributed by atoms with E-state index in [1.807, 2.05) is 0 Å². The van der Waals surface area contributed by atoms with E-state index in [0.29, 0.717) is 0 Å². The lowest BCUT2D eigenvalue weighted by atomic mass is 10.1. The first-order valence-electron chi connectivity index (χ1n) is 5.34. The zero-order valence-electron chi connectivity index (χ0n) is 7.76. The van der Waals surface area contributed by atoms with Crippen LogP contribution in [0.5, 0.6) is 0 Å². The Labute approximate surface area is 75.2 Å². The maximum absolute atomic E-state index is 3.22. The maximum Gasteiger partial charge on any atom is -0.00484 e. The molecule has 1 saturated heterocycles. The highest BCUT2D eigenvalue weighted by molar-refractivity contribution is 5.06. The molecule has 2 bridgehead atoms. The van der Waals surface area contributed by atoms with Crippen molar-refractivity contribution in [3.8, 4) is 0 Å². The third kappa shape index (κ3) is 2.10. The normalized spacial score (nSPS) is 36.7. The molecule has 0 aromatic carbocycles. The van der Waals surface area contributed by atoms with Crippen molar-refractivity contribution in [3.05, 3.63) is 12.2 Å². The van der Waals surface area contributed by atoms with Crippen LogP contribution in [0.4, 0.5) is 0 Å². The Morgan fingerprint density at radius 3 is 1.67 bits per heavy atom. The summed E-state index contributed by atoms with van der Waals surface area (Å²) in [4.78, 5) is 0. The topological polar surface area (TPSA) is 12.0 Å². The highest BCUT2D eigenvalue weighted by Gasteiger charge is 2.25. The summed E-state index contributed by atoms with van der Waals surface area (Å²) in [5, 5.41) is 3.22. The molecule has 1 N–H and O–H groups in total. The van der Waals surface area contributed by atoms with E-state index in [-0.39, 0.29) is 0 Å². The smallest absolute Gasteiger partial charge is 0.00484 e. The summed E-state index contributed by atoms with van der Waals surface area (Å²) in [6.07, 6.45) is 12.0. The Morgan fingerprint density at radius 1 is 0.917 bits per heavy atom. The van der Waals surface area contributed by atoms with E-state index in [1.54, 1.807) is 0 Å². The average Bonchev–Trinajstić information content (AvgIpc) is 2.86. The van der Waals surface area contributed by atoms with Crippen molar-refractivity contribution >= 4 is 0 Å². The summed E-state index contributed by atoms with van der Waals surface area (Å²) in [6.45, 7) is 2.50. The zero-order valence-corrected chi connectivity index (χ0v) is 7.76. The van der Waals surface area contributed by atoms with Gasteiger partial charge in [-0.25, -0.2) is 0 Å². The zero-order chi connectivity index (χ0) is 8.23. The Hall–Kier alpha value is -0.300. The summed E-state index contributed by atoms with van der Waals surface area (Å²) in [5.74, 6) is 1.98. The van der Waals surface area contributed by atoms with E-state index in [0.717, 1.165) is 11.8 Å². The third-order valence-electron chi connectivity index (χ3n) is 3.13. The van der Waals surface area contributed by atoms with Gasteiger partial charge in [-0.05, 0) is 57.0 Å². The molecule has 12 heavy (non-hydrogen) atoms. The number of hydrogen-bond acceptors (Lipinski definition) is 1. The SMILES string of the molecule is C1=CC2CCC1C2.C1CCNC1. The Kier molecular flexibility index (Phi) is 2.83. The molecule has 3 aliphatic rings. The summed E-state index contributed by atoms with van der Waals surface area (Å²) in [6, 6.07) is 0. The molecule has 1 aliphatic heterocycles. The van der Waals surface area contributed by atoms with Crippen LogP contribution in [0.1, 0.15) is 32.1 Å². The van der Waals surface area contributed by atoms with Gasteiger partial charge in [-0.3, -0.25) is 0 Å². The molecule has 2 fully saturated rings. The molecule has 0 aromatic rings. The fourth-order valence-corrected chi connectivity index (χ4v) is 2.34. The molecule has 1 heteroatoms. The molecule has 2 unspecified atom stereocenters. The molecule has 0 radical (unpaired) electrons. The third-order valence-corrected chi connectivity index (χ3v) is 3.13. The van der Waals surface area contributed by atoms with E-state index >= 15 is 0 Å². The molecule has 2 atom stereocenters. The molecule has 3 rings (SSSR count). The first-order chi connectivity index (χ1) is 5.95. The standard InChI is InChI=1S/C7H10.C4H9N/c1-2-7-4-3-6(1)5-7;1-2-4-5-3-1/h1-2,6-7H,3-5H2;5H,1-4H2. The summed E-state index contributed by atoms with van der Waals surface area (Å²) in [7, 11) is 0. The number of rotatable bonds is 0. The van der Waals surface area contributed by atoms with Crippen molar-refractivity contribution in [1.29, 1.82) is 0 Å². The quantitative estimate of drug-likeness (QED) is 0.543. The van der Waals surface area contributed by atoms with Gasteiger partial charge in [0.2, 0.25) is 0 Å². The highest BCUT2D eigenvalue weighted by atomic mass is 14.9. The van der Waals surface area contributed by atoms with Crippen LogP contribution in [-0.4, -0.2) is 13.1 Å². The van der Waals surface area contributed by atoms with Crippen LogP contribution in [0.15, 0.2) is 12.2 Å². The van der Waals surface area contributed by atoms with Gasteiger partial charge in [0.15, 0.2) is 0 Å². The van der Waals surface area contributed by atoms with Gasteiger partial charge in [0.1, 0.15) is 0 Å². The van der Waals surface area contributed by atoms with E-state index in [4.69, 9.17) is 0 Å². The van der Waals surface area contributed by atoms with E-state index < -0.39 is 0 Å². The lowest BCUT2D eigenvalue weighted by molar-refractivity contribution is 0.691. The largest absolute Gasteiger partial charge is 0.317 e. The number of fused-ring (bicyclic) bond motifs is 2. The number of allylic oxidation sites excluding steroid dienone is 2. The molecular formula is C11H19N. The average molecular weight is 165 g/mol.